The van der Waals surface area contributed by atoms with E-state index < -0.39 is 0 Å². The van der Waals surface area contributed by atoms with Gasteiger partial charge in [0.05, 0.1) is 6.04 Å². The number of amides is 2. The SMILES string of the molecule is CCCCN(CC(=O)N1CCc2sccc2[C@@H]1c1ccc(Cl)cc1Cl)C(=O)c1ccccc1. The molecule has 1 aliphatic rings. The maximum atomic E-state index is 13.7. The summed E-state index contributed by atoms with van der Waals surface area (Å²) in [5, 5.41) is 3.15. The summed E-state index contributed by atoms with van der Waals surface area (Å²) < 4.78 is 0. The Morgan fingerprint density at radius 2 is 1.88 bits per heavy atom. The van der Waals surface area contributed by atoms with E-state index in [9.17, 15) is 9.59 Å². The fourth-order valence-electron chi connectivity index (χ4n) is 4.26. The fourth-order valence-corrected chi connectivity index (χ4v) is 5.68. The van der Waals surface area contributed by atoms with E-state index in [0.717, 1.165) is 30.4 Å². The molecule has 4 rings (SSSR count). The Morgan fingerprint density at radius 1 is 1.09 bits per heavy atom. The first kappa shape index (κ1) is 23.8. The normalized spacial score (nSPS) is 15.2. The van der Waals surface area contributed by atoms with Crippen LogP contribution in [0.25, 0.3) is 0 Å². The van der Waals surface area contributed by atoms with Crippen molar-refractivity contribution in [1.82, 2.24) is 9.80 Å². The van der Waals surface area contributed by atoms with Crippen LogP contribution >= 0.6 is 34.5 Å². The lowest BCUT2D eigenvalue weighted by molar-refractivity contribution is -0.134. The van der Waals surface area contributed by atoms with Crippen LogP contribution in [0, 0.1) is 0 Å². The van der Waals surface area contributed by atoms with Crippen molar-refractivity contribution in [2.45, 2.75) is 32.2 Å². The Morgan fingerprint density at radius 3 is 2.61 bits per heavy atom. The molecule has 1 aromatic heterocycles. The van der Waals surface area contributed by atoms with Crippen LogP contribution in [0.1, 0.15) is 52.2 Å². The first-order valence-electron chi connectivity index (χ1n) is 11.1. The number of benzene rings is 2. The van der Waals surface area contributed by atoms with Crippen LogP contribution in [0.4, 0.5) is 0 Å². The highest BCUT2D eigenvalue weighted by molar-refractivity contribution is 7.10. The van der Waals surface area contributed by atoms with Crippen molar-refractivity contribution in [1.29, 1.82) is 0 Å². The van der Waals surface area contributed by atoms with Gasteiger partial charge in [-0.05, 0) is 59.7 Å². The third-order valence-electron chi connectivity index (χ3n) is 5.96. The van der Waals surface area contributed by atoms with Gasteiger partial charge in [0.15, 0.2) is 0 Å². The van der Waals surface area contributed by atoms with E-state index in [0.29, 0.717) is 28.7 Å². The number of hydrogen-bond acceptors (Lipinski definition) is 3. The number of unbranched alkanes of at least 4 members (excludes halogenated alkanes) is 1. The van der Waals surface area contributed by atoms with Gasteiger partial charge in [0.1, 0.15) is 6.54 Å². The standard InChI is InChI=1S/C26H26Cl2N2O2S/c1-2-3-13-29(26(32)18-7-5-4-6-8-18)17-24(31)30-14-11-23-21(12-15-33-23)25(30)20-10-9-19(27)16-22(20)28/h4-10,12,15-16,25H,2-3,11,13-14,17H2,1H3/t25-/m0/s1. The number of rotatable bonds is 7. The maximum absolute atomic E-state index is 13.7. The largest absolute Gasteiger partial charge is 0.330 e. The Bertz CT molecular complexity index is 1130. The summed E-state index contributed by atoms with van der Waals surface area (Å²) in [5.41, 5.74) is 2.54. The zero-order valence-corrected chi connectivity index (χ0v) is 20.8. The minimum absolute atomic E-state index is 0.0366. The molecular formula is C26H26Cl2N2O2S. The topological polar surface area (TPSA) is 40.6 Å². The number of fused-ring (bicyclic) bond motifs is 1. The molecule has 3 aromatic rings. The van der Waals surface area contributed by atoms with Crippen LogP contribution in [0.2, 0.25) is 10.0 Å². The second-order valence-electron chi connectivity index (χ2n) is 8.15. The molecule has 0 fully saturated rings. The molecule has 0 aliphatic carbocycles. The number of thiophene rings is 1. The van der Waals surface area contributed by atoms with Gasteiger partial charge >= 0.3 is 0 Å². The summed E-state index contributed by atoms with van der Waals surface area (Å²) in [6, 6.07) is 16.3. The van der Waals surface area contributed by atoms with Crippen molar-refractivity contribution in [3.63, 3.8) is 0 Å². The third kappa shape index (κ3) is 5.26. The van der Waals surface area contributed by atoms with E-state index in [1.54, 1.807) is 40.5 Å². The lowest BCUT2D eigenvalue weighted by atomic mass is 9.93. The molecule has 1 aliphatic heterocycles. The van der Waals surface area contributed by atoms with Gasteiger partial charge in [-0.25, -0.2) is 0 Å². The van der Waals surface area contributed by atoms with Crippen LogP contribution < -0.4 is 0 Å². The quantitative estimate of drug-likeness (QED) is 0.372. The molecule has 172 valence electrons. The number of halogens is 2. The average molecular weight is 501 g/mol. The summed E-state index contributed by atoms with van der Waals surface area (Å²) in [6.07, 6.45) is 2.58. The van der Waals surface area contributed by atoms with Gasteiger partial charge in [-0.2, -0.15) is 0 Å². The van der Waals surface area contributed by atoms with Crippen molar-refractivity contribution in [2.75, 3.05) is 19.6 Å². The molecule has 4 nitrogen and oxygen atoms in total. The molecule has 7 heteroatoms. The third-order valence-corrected chi connectivity index (χ3v) is 7.52. The first-order chi connectivity index (χ1) is 16.0. The average Bonchev–Trinajstić information content (AvgIpc) is 3.30. The lowest BCUT2D eigenvalue weighted by Crippen LogP contribution is -2.47. The summed E-state index contributed by atoms with van der Waals surface area (Å²) in [6.45, 7) is 3.24. The molecular weight excluding hydrogens is 475 g/mol. The van der Waals surface area contributed by atoms with E-state index in [1.807, 2.05) is 29.2 Å². The number of carbonyl (C=O) groups excluding carboxylic acids is 2. The Kier molecular flexibility index (Phi) is 7.74. The van der Waals surface area contributed by atoms with Gasteiger partial charge in [-0.1, -0.05) is 60.8 Å². The molecule has 0 N–H and O–H groups in total. The minimum Gasteiger partial charge on any atom is -0.330 e. The zero-order valence-electron chi connectivity index (χ0n) is 18.5. The number of nitrogens with zero attached hydrogens (tertiary/aromatic N) is 2. The van der Waals surface area contributed by atoms with Crippen molar-refractivity contribution < 1.29 is 9.59 Å². The maximum Gasteiger partial charge on any atom is 0.254 e. The van der Waals surface area contributed by atoms with Crippen molar-refractivity contribution in [3.8, 4) is 0 Å². The molecule has 33 heavy (non-hydrogen) atoms. The number of hydrogen-bond donors (Lipinski definition) is 0. The first-order valence-corrected chi connectivity index (χ1v) is 12.8. The van der Waals surface area contributed by atoms with E-state index >= 15 is 0 Å². The smallest absolute Gasteiger partial charge is 0.254 e. The fraction of sp³-hybridized carbons (Fsp3) is 0.308. The molecule has 1 atom stereocenters. The summed E-state index contributed by atoms with van der Waals surface area (Å²) in [5.74, 6) is -0.199. The molecule has 2 amide bonds. The van der Waals surface area contributed by atoms with Gasteiger partial charge in [-0.3, -0.25) is 9.59 Å². The van der Waals surface area contributed by atoms with Crippen LogP contribution in [0.5, 0.6) is 0 Å². The predicted octanol–water partition coefficient (Wildman–Crippen LogP) is 6.47. The van der Waals surface area contributed by atoms with Gasteiger partial charge in [0.2, 0.25) is 5.91 Å². The van der Waals surface area contributed by atoms with E-state index in [2.05, 4.69) is 18.4 Å². The van der Waals surface area contributed by atoms with Crippen LogP contribution in [-0.4, -0.2) is 41.2 Å². The van der Waals surface area contributed by atoms with Gasteiger partial charge in [0, 0.05) is 33.6 Å². The number of carbonyl (C=O) groups is 2. The zero-order chi connectivity index (χ0) is 23.4. The molecule has 0 saturated heterocycles. The highest BCUT2D eigenvalue weighted by atomic mass is 35.5. The minimum atomic E-state index is -0.294. The van der Waals surface area contributed by atoms with Crippen molar-refractivity contribution in [3.05, 3.63) is 91.6 Å². The van der Waals surface area contributed by atoms with Crippen LogP contribution in [0.15, 0.2) is 60.0 Å². The highest BCUT2D eigenvalue weighted by Gasteiger charge is 2.35. The predicted molar refractivity (Wildman–Crippen MR) is 135 cm³/mol. The molecule has 0 unspecified atom stereocenters. The molecule has 2 heterocycles. The second kappa shape index (κ2) is 10.7. The Balaban J connectivity index is 1.63. The Hall–Kier alpha value is -2.34. The van der Waals surface area contributed by atoms with Crippen molar-refractivity contribution >= 4 is 46.4 Å². The van der Waals surface area contributed by atoms with Crippen molar-refractivity contribution in [2.24, 2.45) is 0 Å². The highest BCUT2D eigenvalue weighted by Crippen LogP contribution is 2.41. The lowest BCUT2D eigenvalue weighted by Gasteiger charge is -2.38. The Labute approximate surface area is 208 Å². The molecule has 2 aromatic carbocycles. The molecule has 0 bridgehead atoms. The monoisotopic (exact) mass is 500 g/mol. The summed E-state index contributed by atoms with van der Waals surface area (Å²) in [4.78, 5) is 31.7. The molecule has 0 radical (unpaired) electrons. The van der Waals surface area contributed by atoms with E-state index in [1.165, 1.54) is 4.88 Å². The van der Waals surface area contributed by atoms with E-state index in [4.69, 9.17) is 23.2 Å². The van der Waals surface area contributed by atoms with Crippen LogP contribution in [0.3, 0.4) is 0 Å². The van der Waals surface area contributed by atoms with E-state index in [-0.39, 0.29) is 24.4 Å². The molecule has 0 spiro atoms. The van der Waals surface area contributed by atoms with Gasteiger partial charge < -0.3 is 9.80 Å². The summed E-state index contributed by atoms with van der Waals surface area (Å²) >= 11 is 14.4. The van der Waals surface area contributed by atoms with Gasteiger partial charge in [0.25, 0.3) is 5.91 Å². The molecule has 0 saturated carbocycles. The van der Waals surface area contributed by atoms with Crippen LogP contribution in [-0.2, 0) is 11.2 Å². The summed E-state index contributed by atoms with van der Waals surface area (Å²) in [7, 11) is 0. The second-order valence-corrected chi connectivity index (χ2v) is 10.00. The van der Waals surface area contributed by atoms with Gasteiger partial charge in [-0.15, -0.1) is 11.3 Å².